The molecule has 1 aromatic heterocycles. The molecule has 0 aliphatic heterocycles. The van der Waals surface area contributed by atoms with Gasteiger partial charge < -0.3 is 4.74 Å². The second-order valence-corrected chi connectivity index (χ2v) is 6.89. The van der Waals surface area contributed by atoms with Gasteiger partial charge in [0.1, 0.15) is 5.75 Å². The topological polar surface area (TPSA) is 52.8 Å². The van der Waals surface area contributed by atoms with Crippen molar-refractivity contribution in [3.63, 3.8) is 0 Å². The van der Waals surface area contributed by atoms with E-state index in [1.807, 2.05) is 31.2 Å². The molecule has 8 heteroatoms. The number of hydrogen-bond donors (Lipinski definition) is 0. The highest BCUT2D eigenvalue weighted by atomic mass is 35.5. The molecular weight excluding hydrogens is 367 g/mol. The molecule has 3 rings (SSSR count). The zero-order valence-corrected chi connectivity index (χ0v) is 15.1. The van der Waals surface area contributed by atoms with E-state index in [-0.39, 0.29) is 0 Å². The average Bonchev–Trinajstić information content (AvgIpc) is 3.02. The summed E-state index contributed by atoms with van der Waals surface area (Å²) >= 11 is 13.4. The lowest BCUT2D eigenvalue weighted by Crippen LogP contribution is -2.03. The zero-order chi connectivity index (χ0) is 16.9. The number of ether oxygens (including phenoxy) is 1. The highest BCUT2D eigenvalue weighted by molar-refractivity contribution is 7.99. The van der Waals surface area contributed by atoms with Crippen molar-refractivity contribution in [1.29, 1.82) is 0 Å². The molecule has 0 fully saturated rings. The molecule has 24 heavy (non-hydrogen) atoms. The molecule has 0 bridgehead atoms. The molecule has 1 heterocycles. The molecule has 0 aliphatic rings. The monoisotopic (exact) mass is 380 g/mol. The van der Waals surface area contributed by atoms with Gasteiger partial charge in [0.15, 0.2) is 0 Å². The second kappa shape index (κ2) is 7.88. The summed E-state index contributed by atoms with van der Waals surface area (Å²) in [7, 11) is 0. The normalized spacial score (nSPS) is 10.8. The Labute approximate surface area is 153 Å². The van der Waals surface area contributed by atoms with Crippen LogP contribution in [0.25, 0.3) is 5.69 Å². The summed E-state index contributed by atoms with van der Waals surface area (Å²) in [6.45, 7) is 2.52. The molecule has 5 nitrogen and oxygen atoms in total. The van der Waals surface area contributed by atoms with Gasteiger partial charge in [0.2, 0.25) is 5.16 Å². The maximum absolute atomic E-state index is 6.07. The summed E-state index contributed by atoms with van der Waals surface area (Å²) < 4.78 is 7.37. The maximum atomic E-state index is 6.07. The summed E-state index contributed by atoms with van der Waals surface area (Å²) in [5.41, 5.74) is 2.11. The van der Waals surface area contributed by atoms with Crippen LogP contribution in [0.4, 0.5) is 0 Å². The Morgan fingerprint density at radius 2 is 1.92 bits per heavy atom. The summed E-state index contributed by atoms with van der Waals surface area (Å²) in [6, 6.07) is 13.2. The third kappa shape index (κ3) is 4.20. The smallest absolute Gasteiger partial charge is 0.214 e. The molecule has 2 aromatic carbocycles. The molecule has 3 aromatic rings. The quantitative estimate of drug-likeness (QED) is 0.467. The van der Waals surface area contributed by atoms with Gasteiger partial charge in [0.05, 0.1) is 17.3 Å². The molecular formula is C16H14Cl2N4OS. The number of tetrazole rings is 1. The number of nitrogens with zero attached hydrogens (tertiary/aromatic N) is 4. The van der Waals surface area contributed by atoms with Crippen LogP contribution >= 0.6 is 35.0 Å². The van der Waals surface area contributed by atoms with Crippen LogP contribution in [0, 0.1) is 6.92 Å². The average molecular weight is 381 g/mol. The van der Waals surface area contributed by atoms with Gasteiger partial charge in [0, 0.05) is 10.8 Å². The summed E-state index contributed by atoms with van der Waals surface area (Å²) in [4.78, 5) is 0. The number of benzene rings is 2. The van der Waals surface area contributed by atoms with E-state index in [1.54, 1.807) is 22.9 Å². The third-order valence-electron chi connectivity index (χ3n) is 3.19. The predicted molar refractivity (Wildman–Crippen MR) is 96.6 cm³/mol. The third-order valence-corrected chi connectivity index (χ3v) is 4.60. The van der Waals surface area contributed by atoms with Crippen molar-refractivity contribution in [3.05, 3.63) is 58.1 Å². The van der Waals surface area contributed by atoms with Crippen LogP contribution in [0.2, 0.25) is 10.0 Å². The van der Waals surface area contributed by atoms with Crippen LogP contribution in [-0.4, -0.2) is 32.6 Å². The molecule has 0 saturated carbocycles. The number of rotatable bonds is 6. The highest BCUT2D eigenvalue weighted by Gasteiger charge is 2.09. The van der Waals surface area contributed by atoms with Gasteiger partial charge in [-0.1, -0.05) is 52.7 Å². The number of thioether (sulfide) groups is 1. The molecule has 0 radical (unpaired) electrons. The molecule has 0 amide bonds. The summed E-state index contributed by atoms with van der Waals surface area (Å²) in [6.07, 6.45) is 0. The molecule has 0 spiro atoms. The van der Waals surface area contributed by atoms with Gasteiger partial charge in [-0.05, 0) is 47.7 Å². The lowest BCUT2D eigenvalue weighted by Gasteiger charge is -2.08. The predicted octanol–water partition coefficient (Wildman–Crippen LogP) is 4.45. The van der Waals surface area contributed by atoms with Crippen molar-refractivity contribution < 1.29 is 4.74 Å². The zero-order valence-electron chi connectivity index (χ0n) is 12.8. The van der Waals surface area contributed by atoms with Crippen LogP contribution in [0.15, 0.2) is 47.6 Å². The van der Waals surface area contributed by atoms with Crippen molar-refractivity contribution in [2.75, 3.05) is 12.4 Å². The fourth-order valence-corrected chi connectivity index (χ4v) is 3.16. The highest BCUT2D eigenvalue weighted by Crippen LogP contribution is 2.28. The summed E-state index contributed by atoms with van der Waals surface area (Å²) in [5.74, 6) is 1.30. The van der Waals surface area contributed by atoms with Crippen LogP contribution in [0.3, 0.4) is 0 Å². The van der Waals surface area contributed by atoms with Crippen LogP contribution in [-0.2, 0) is 0 Å². The fourth-order valence-electron chi connectivity index (χ4n) is 1.99. The first kappa shape index (κ1) is 17.1. The molecule has 124 valence electrons. The first-order valence-electron chi connectivity index (χ1n) is 7.19. The maximum Gasteiger partial charge on any atom is 0.214 e. The Hall–Kier alpha value is -1.76. The van der Waals surface area contributed by atoms with E-state index in [0.29, 0.717) is 33.3 Å². The molecule has 0 unspecified atom stereocenters. The van der Waals surface area contributed by atoms with E-state index in [9.17, 15) is 0 Å². The number of aryl methyl sites for hydroxylation is 1. The van der Waals surface area contributed by atoms with Gasteiger partial charge >= 0.3 is 0 Å². The fraction of sp³-hybridized carbons (Fsp3) is 0.188. The Bertz CT molecular complexity index is 823. The molecule has 0 atom stereocenters. The number of halogens is 2. The minimum absolute atomic E-state index is 0.479. The Morgan fingerprint density at radius 3 is 2.67 bits per heavy atom. The van der Waals surface area contributed by atoms with Crippen LogP contribution in [0.1, 0.15) is 5.56 Å². The van der Waals surface area contributed by atoms with Crippen molar-refractivity contribution in [2.45, 2.75) is 12.1 Å². The van der Waals surface area contributed by atoms with Crippen molar-refractivity contribution in [1.82, 2.24) is 20.2 Å². The summed E-state index contributed by atoms with van der Waals surface area (Å²) in [5, 5.41) is 13.6. The van der Waals surface area contributed by atoms with Crippen LogP contribution in [0.5, 0.6) is 5.75 Å². The minimum Gasteiger partial charge on any atom is -0.491 e. The Morgan fingerprint density at radius 1 is 1.12 bits per heavy atom. The van der Waals surface area contributed by atoms with Gasteiger partial charge in [0.25, 0.3) is 0 Å². The minimum atomic E-state index is 0.479. The number of aromatic nitrogens is 4. The van der Waals surface area contributed by atoms with Gasteiger partial charge in [-0.15, -0.1) is 5.10 Å². The first-order chi connectivity index (χ1) is 11.6. The van der Waals surface area contributed by atoms with E-state index >= 15 is 0 Å². The number of hydrogen-bond acceptors (Lipinski definition) is 5. The SMILES string of the molecule is Cc1ccc(-n2nnnc2SCCOc2ccc(Cl)cc2Cl)cc1. The second-order valence-electron chi connectivity index (χ2n) is 4.98. The van der Waals surface area contributed by atoms with Crippen LogP contribution < -0.4 is 4.74 Å². The Kier molecular flexibility index (Phi) is 5.60. The molecule has 0 saturated heterocycles. The van der Waals surface area contributed by atoms with E-state index in [4.69, 9.17) is 27.9 Å². The van der Waals surface area contributed by atoms with Gasteiger partial charge in [-0.2, -0.15) is 4.68 Å². The Balaban J connectivity index is 1.58. The van der Waals surface area contributed by atoms with E-state index in [0.717, 1.165) is 5.69 Å². The largest absolute Gasteiger partial charge is 0.491 e. The molecule has 0 aliphatic carbocycles. The molecule has 0 N–H and O–H groups in total. The van der Waals surface area contributed by atoms with E-state index < -0.39 is 0 Å². The van der Waals surface area contributed by atoms with Gasteiger partial charge in [-0.3, -0.25) is 0 Å². The van der Waals surface area contributed by atoms with E-state index in [2.05, 4.69) is 15.5 Å². The van der Waals surface area contributed by atoms with Gasteiger partial charge in [-0.25, -0.2) is 0 Å². The lowest BCUT2D eigenvalue weighted by molar-refractivity contribution is 0.344. The lowest BCUT2D eigenvalue weighted by atomic mass is 10.2. The first-order valence-corrected chi connectivity index (χ1v) is 8.94. The van der Waals surface area contributed by atoms with Crippen molar-refractivity contribution in [2.24, 2.45) is 0 Å². The van der Waals surface area contributed by atoms with Crippen molar-refractivity contribution >= 4 is 35.0 Å². The van der Waals surface area contributed by atoms with E-state index in [1.165, 1.54) is 17.3 Å². The standard InChI is InChI=1S/C16H14Cl2N4OS/c1-11-2-5-13(6-3-11)22-16(19-20-21-22)24-9-8-23-15-7-4-12(17)10-14(15)18/h2-7,10H,8-9H2,1H3. The van der Waals surface area contributed by atoms with Crippen molar-refractivity contribution in [3.8, 4) is 11.4 Å².